The minimum atomic E-state index is -4.45. The molecule has 0 aliphatic carbocycles. The van der Waals surface area contributed by atoms with Crippen LogP contribution >= 0.6 is 0 Å². The Morgan fingerprint density at radius 1 is 1.00 bits per heavy atom. The molecule has 0 fully saturated rings. The van der Waals surface area contributed by atoms with E-state index in [1.165, 1.54) is 0 Å². The molecule has 0 aliphatic heterocycles. The van der Waals surface area contributed by atoms with Crippen LogP contribution < -0.4 is 4.72 Å². The van der Waals surface area contributed by atoms with Gasteiger partial charge in [-0.05, 0) is 35.4 Å². The van der Waals surface area contributed by atoms with Gasteiger partial charge in [0.1, 0.15) is 0 Å². The van der Waals surface area contributed by atoms with E-state index in [2.05, 4.69) is 14.8 Å². The van der Waals surface area contributed by atoms with Crippen LogP contribution in [0.3, 0.4) is 0 Å². The summed E-state index contributed by atoms with van der Waals surface area (Å²) in [6.45, 7) is 0.428. The minimum Gasteiger partial charge on any atom is -0.271 e. The fraction of sp³-hybridized carbons (Fsp3) is 0.222. The molecule has 10 heteroatoms. The third-order valence-corrected chi connectivity index (χ3v) is 5.31. The van der Waals surface area contributed by atoms with E-state index < -0.39 is 27.5 Å². The van der Waals surface area contributed by atoms with Gasteiger partial charge in [-0.3, -0.25) is 9.67 Å². The van der Waals surface area contributed by atoms with Gasteiger partial charge in [-0.25, -0.2) is 13.1 Å². The fourth-order valence-corrected chi connectivity index (χ4v) is 3.69. The molecule has 0 radical (unpaired) electrons. The van der Waals surface area contributed by atoms with Gasteiger partial charge < -0.3 is 0 Å². The molecule has 2 aromatic heterocycles. The van der Waals surface area contributed by atoms with Gasteiger partial charge in [0.05, 0.1) is 24.1 Å². The van der Waals surface area contributed by atoms with Crippen molar-refractivity contribution in [2.45, 2.75) is 18.5 Å². The highest BCUT2D eigenvalue weighted by Gasteiger charge is 2.30. The van der Waals surface area contributed by atoms with Gasteiger partial charge in [0.25, 0.3) is 0 Å². The fourth-order valence-electron chi connectivity index (χ4n) is 2.56. The van der Waals surface area contributed by atoms with Crippen molar-refractivity contribution < 1.29 is 21.6 Å². The first-order valence-electron chi connectivity index (χ1n) is 8.29. The van der Waals surface area contributed by atoms with Crippen molar-refractivity contribution in [1.82, 2.24) is 19.5 Å². The molecule has 1 N–H and O–H groups in total. The summed E-state index contributed by atoms with van der Waals surface area (Å²) < 4.78 is 66.0. The Balaban J connectivity index is 1.53. The average Bonchev–Trinajstić information content (AvgIpc) is 3.10. The number of pyridine rings is 1. The number of alkyl halides is 3. The van der Waals surface area contributed by atoms with Crippen LogP contribution in [0.25, 0.3) is 11.1 Å². The first kappa shape index (κ1) is 20.0. The predicted octanol–water partition coefficient (Wildman–Crippen LogP) is 3.08. The van der Waals surface area contributed by atoms with Crippen molar-refractivity contribution >= 4 is 10.0 Å². The number of rotatable bonds is 7. The van der Waals surface area contributed by atoms with Crippen molar-refractivity contribution in [1.29, 1.82) is 0 Å². The van der Waals surface area contributed by atoms with Gasteiger partial charge in [0, 0.05) is 30.7 Å². The molecule has 2 heterocycles. The van der Waals surface area contributed by atoms with Crippen LogP contribution in [0.5, 0.6) is 0 Å². The van der Waals surface area contributed by atoms with Crippen molar-refractivity contribution in [3.8, 4) is 11.1 Å². The Hall–Kier alpha value is -2.72. The van der Waals surface area contributed by atoms with Crippen LogP contribution in [-0.4, -0.2) is 29.7 Å². The Kier molecular flexibility index (Phi) is 5.80. The van der Waals surface area contributed by atoms with E-state index in [-0.39, 0.29) is 12.1 Å². The molecule has 0 spiro atoms. The van der Waals surface area contributed by atoms with Gasteiger partial charge in [-0.2, -0.15) is 18.3 Å². The lowest BCUT2D eigenvalue weighted by Gasteiger charge is -2.09. The Labute approximate surface area is 160 Å². The Morgan fingerprint density at radius 3 is 2.32 bits per heavy atom. The van der Waals surface area contributed by atoms with Crippen LogP contribution in [-0.2, 0) is 28.5 Å². The Bertz CT molecular complexity index is 1020. The van der Waals surface area contributed by atoms with Gasteiger partial charge in [-0.15, -0.1) is 0 Å². The second-order valence-electron chi connectivity index (χ2n) is 6.08. The number of nitrogens with zero attached hydrogens (tertiary/aromatic N) is 3. The number of hydrogen-bond donors (Lipinski definition) is 1. The van der Waals surface area contributed by atoms with Gasteiger partial charge in [0.15, 0.2) is 0 Å². The molecule has 0 aliphatic rings. The molecule has 148 valence electrons. The number of halogens is 3. The maximum atomic E-state index is 12.6. The molecule has 0 atom stereocenters. The molecular formula is C18H17F3N4O2S. The smallest absolute Gasteiger partial charge is 0.271 e. The van der Waals surface area contributed by atoms with E-state index in [4.69, 9.17) is 0 Å². The predicted molar refractivity (Wildman–Crippen MR) is 97.5 cm³/mol. The molecule has 1 aromatic carbocycles. The Morgan fingerprint density at radius 2 is 1.68 bits per heavy atom. The van der Waals surface area contributed by atoms with E-state index >= 15 is 0 Å². The second-order valence-corrected chi connectivity index (χ2v) is 7.88. The molecule has 0 amide bonds. The second kappa shape index (κ2) is 8.11. The van der Waals surface area contributed by atoms with E-state index in [9.17, 15) is 21.6 Å². The molecule has 6 nitrogen and oxygen atoms in total. The van der Waals surface area contributed by atoms with E-state index in [0.717, 1.165) is 35.4 Å². The first-order chi connectivity index (χ1) is 13.2. The molecule has 0 saturated heterocycles. The van der Waals surface area contributed by atoms with Crippen molar-refractivity contribution in [2.24, 2.45) is 0 Å². The highest BCUT2D eigenvalue weighted by atomic mass is 32.2. The normalized spacial score (nSPS) is 12.2. The van der Waals surface area contributed by atoms with Crippen molar-refractivity contribution in [2.75, 3.05) is 6.54 Å². The van der Waals surface area contributed by atoms with Gasteiger partial charge >= 0.3 is 6.18 Å². The zero-order valence-electron chi connectivity index (χ0n) is 14.6. The lowest BCUT2D eigenvalue weighted by molar-refractivity contribution is -0.137. The molecule has 3 rings (SSSR count). The molecule has 28 heavy (non-hydrogen) atoms. The van der Waals surface area contributed by atoms with Crippen LogP contribution in [0.4, 0.5) is 13.2 Å². The lowest BCUT2D eigenvalue weighted by Crippen LogP contribution is -2.28. The molecule has 3 aromatic rings. The van der Waals surface area contributed by atoms with Gasteiger partial charge in [-0.1, -0.05) is 12.1 Å². The quantitative estimate of drug-likeness (QED) is 0.650. The number of hydrogen-bond acceptors (Lipinski definition) is 4. The first-order valence-corrected chi connectivity index (χ1v) is 9.94. The molecule has 0 unspecified atom stereocenters. The zero-order valence-corrected chi connectivity index (χ0v) is 15.4. The van der Waals surface area contributed by atoms with Crippen LogP contribution in [0.15, 0.2) is 61.2 Å². The number of benzene rings is 1. The monoisotopic (exact) mass is 410 g/mol. The largest absolute Gasteiger partial charge is 0.416 e. The van der Waals surface area contributed by atoms with Crippen LogP contribution in [0.2, 0.25) is 0 Å². The summed E-state index contributed by atoms with van der Waals surface area (Å²) in [5.74, 6) is -0.396. The summed E-state index contributed by atoms with van der Waals surface area (Å²) in [5, 5.41) is 4.18. The topological polar surface area (TPSA) is 76.9 Å². The van der Waals surface area contributed by atoms with E-state index in [0.29, 0.717) is 6.54 Å². The van der Waals surface area contributed by atoms with Crippen molar-refractivity contribution in [3.05, 3.63) is 72.3 Å². The number of nitrogens with one attached hydrogen (secondary N) is 1. The van der Waals surface area contributed by atoms with Crippen LogP contribution in [0, 0.1) is 0 Å². The minimum absolute atomic E-state index is 0.112. The maximum absolute atomic E-state index is 12.6. The number of aromatic nitrogens is 3. The molecular weight excluding hydrogens is 393 g/mol. The molecule has 0 saturated carbocycles. The maximum Gasteiger partial charge on any atom is 0.416 e. The summed E-state index contributed by atoms with van der Waals surface area (Å²) in [6.07, 6.45) is 2.35. The number of sulfonamides is 1. The summed E-state index contributed by atoms with van der Waals surface area (Å²) in [7, 11) is -3.68. The highest BCUT2D eigenvalue weighted by Crippen LogP contribution is 2.29. The summed E-state index contributed by atoms with van der Waals surface area (Å²) in [5.41, 5.74) is 1.30. The highest BCUT2D eigenvalue weighted by molar-refractivity contribution is 7.88. The standard InChI is InChI=1S/C18H17F3N4O2S/c19-18(20,21)17-3-1-14(2-4-17)13-28(26,27)24-9-10-25-12-16(11-23-25)15-5-7-22-8-6-15/h1-8,11-12,24H,9-10,13H2. The third-order valence-electron chi connectivity index (χ3n) is 3.95. The van der Waals surface area contributed by atoms with Crippen molar-refractivity contribution in [3.63, 3.8) is 0 Å². The van der Waals surface area contributed by atoms with E-state index in [1.54, 1.807) is 29.5 Å². The third kappa shape index (κ3) is 5.40. The average molecular weight is 410 g/mol. The summed E-state index contributed by atoms with van der Waals surface area (Å²) >= 11 is 0. The van der Waals surface area contributed by atoms with Gasteiger partial charge in [0.2, 0.25) is 10.0 Å². The SMILES string of the molecule is O=S(=O)(Cc1ccc(C(F)(F)F)cc1)NCCn1cc(-c2ccncc2)cn1. The summed E-state index contributed by atoms with van der Waals surface area (Å²) in [6, 6.07) is 7.75. The van der Waals surface area contributed by atoms with Crippen LogP contribution in [0.1, 0.15) is 11.1 Å². The van der Waals surface area contributed by atoms with E-state index in [1.807, 2.05) is 12.1 Å². The summed E-state index contributed by atoms with van der Waals surface area (Å²) in [4.78, 5) is 3.95. The lowest BCUT2D eigenvalue weighted by atomic mass is 10.1. The zero-order chi connectivity index (χ0) is 20.2. The molecule has 0 bridgehead atoms.